The highest BCUT2D eigenvalue weighted by molar-refractivity contribution is 7.89. The molecule has 0 saturated heterocycles. The van der Waals surface area contributed by atoms with Gasteiger partial charge in [0.15, 0.2) is 0 Å². The predicted octanol–water partition coefficient (Wildman–Crippen LogP) is 3.91. The predicted molar refractivity (Wildman–Crippen MR) is 99.0 cm³/mol. The number of aryl methyl sites for hydroxylation is 2. The summed E-state index contributed by atoms with van der Waals surface area (Å²) in [6, 6.07) is 13.2. The van der Waals surface area contributed by atoms with Gasteiger partial charge < -0.3 is 0 Å². The molecule has 0 radical (unpaired) electrons. The number of rotatable bonds is 4. The lowest BCUT2D eigenvalue weighted by atomic mass is 9.87. The van der Waals surface area contributed by atoms with Crippen molar-refractivity contribution in [3.05, 3.63) is 64.7 Å². The van der Waals surface area contributed by atoms with E-state index in [9.17, 15) is 8.42 Å². The average Bonchev–Trinajstić information content (AvgIpc) is 2.49. The summed E-state index contributed by atoms with van der Waals surface area (Å²) in [4.78, 5) is 2.53. The van der Waals surface area contributed by atoms with E-state index in [1.807, 2.05) is 37.3 Å². The van der Waals surface area contributed by atoms with E-state index in [0.29, 0.717) is 5.56 Å². The fourth-order valence-electron chi connectivity index (χ4n) is 2.29. The summed E-state index contributed by atoms with van der Waals surface area (Å²) >= 11 is 0. The van der Waals surface area contributed by atoms with Crippen molar-refractivity contribution in [1.82, 2.24) is 4.83 Å². The summed E-state index contributed by atoms with van der Waals surface area (Å²) in [5, 5.41) is 3.89. The van der Waals surface area contributed by atoms with Crippen LogP contribution in [0, 0.1) is 13.8 Å². The van der Waals surface area contributed by atoms with Crippen LogP contribution in [0.2, 0.25) is 0 Å². The van der Waals surface area contributed by atoms with Crippen LogP contribution < -0.4 is 4.83 Å². The fourth-order valence-corrected chi connectivity index (χ4v) is 3.41. The zero-order valence-electron chi connectivity index (χ0n) is 14.8. The van der Waals surface area contributed by atoms with E-state index in [-0.39, 0.29) is 10.3 Å². The molecule has 2 aromatic rings. The normalized spacial score (nSPS) is 12.5. The Hall–Kier alpha value is -2.14. The Kier molecular flexibility index (Phi) is 5.13. The van der Waals surface area contributed by atoms with Crippen LogP contribution in [0.4, 0.5) is 0 Å². The molecule has 0 unspecified atom stereocenters. The molecule has 0 aromatic heterocycles. The maximum atomic E-state index is 12.4. The van der Waals surface area contributed by atoms with E-state index in [4.69, 9.17) is 0 Å². The van der Waals surface area contributed by atoms with Gasteiger partial charge in [0, 0.05) is 0 Å². The number of hydrogen-bond acceptors (Lipinski definition) is 3. The summed E-state index contributed by atoms with van der Waals surface area (Å²) in [5.41, 5.74) is 3.72. The second-order valence-electron chi connectivity index (χ2n) is 6.99. The van der Waals surface area contributed by atoms with Crippen molar-refractivity contribution in [2.45, 2.75) is 44.9 Å². The topological polar surface area (TPSA) is 58.5 Å². The van der Waals surface area contributed by atoms with Gasteiger partial charge in [0.2, 0.25) is 0 Å². The van der Waals surface area contributed by atoms with Gasteiger partial charge in [0.1, 0.15) is 0 Å². The summed E-state index contributed by atoms with van der Waals surface area (Å²) in [6.45, 7) is 10.1. The molecule has 0 saturated carbocycles. The molecule has 0 aliphatic carbocycles. The summed E-state index contributed by atoms with van der Waals surface area (Å²) < 4.78 is 24.7. The van der Waals surface area contributed by atoms with Crippen LogP contribution >= 0.6 is 0 Å². The lowest BCUT2D eigenvalue weighted by Crippen LogP contribution is -2.19. The van der Waals surface area contributed by atoms with Crippen molar-refractivity contribution in [2.24, 2.45) is 5.10 Å². The van der Waals surface area contributed by atoms with Crippen molar-refractivity contribution in [3.8, 4) is 0 Å². The van der Waals surface area contributed by atoms with Gasteiger partial charge in [-0.15, -0.1) is 0 Å². The van der Waals surface area contributed by atoms with Crippen molar-refractivity contribution < 1.29 is 8.42 Å². The van der Waals surface area contributed by atoms with Gasteiger partial charge in [-0.05, 0) is 47.6 Å². The van der Waals surface area contributed by atoms with Gasteiger partial charge in [-0.1, -0.05) is 57.2 Å². The van der Waals surface area contributed by atoms with Crippen LogP contribution in [0.5, 0.6) is 0 Å². The maximum Gasteiger partial charge on any atom is 0.276 e. The lowest BCUT2D eigenvalue weighted by Gasteiger charge is -2.18. The molecule has 0 heterocycles. The number of nitrogens with zero attached hydrogens (tertiary/aromatic N) is 1. The van der Waals surface area contributed by atoms with Crippen molar-refractivity contribution in [3.63, 3.8) is 0 Å². The minimum absolute atomic E-state index is 0.0833. The molecule has 5 heteroatoms. The van der Waals surface area contributed by atoms with Gasteiger partial charge >= 0.3 is 0 Å². The van der Waals surface area contributed by atoms with Crippen molar-refractivity contribution in [2.75, 3.05) is 0 Å². The molecule has 0 spiro atoms. The highest BCUT2D eigenvalue weighted by atomic mass is 32.2. The van der Waals surface area contributed by atoms with Crippen LogP contribution in [0.25, 0.3) is 0 Å². The molecular weight excluding hydrogens is 320 g/mol. The SMILES string of the molecule is Cc1ccc(C)c(S(=O)(=O)N/N=C\c2ccc(C(C)(C)C)cc2)c1. The van der Waals surface area contributed by atoms with E-state index in [0.717, 1.165) is 11.1 Å². The first-order chi connectivity index (χ1) is 11.1. The fraction of sp³-hybridized carbons (Fsp3) is 0.316. The van der Waals surface area contributed by atoms with Crippen LogP contribution in [0.1, 0.15) is 43.0 Å². The number of sulfonamides is 1. The summed E-state index contributed by atoms with van der Waals surface area (Å²) in [6.07, 6.45) is 1.51. The average molecular weight is 344 g/mol. The Morgan fingerprint density at radius 2 is 1.62 bits per heavy atom. The second kappa shape index (κ2) is 6.77. The summed E-state index contributed by atoms with van der Waals surface area (Å²) in [7, 11) is -3.66. The van der Waals surface area contributed by atoms with Crippen LogP contribution in [-0.2, 0) is 15.4 Å². The first kappa shape index (κ1) is 18.2. The molecular formula is C19H24N2O2S. The standard InChI is InChI=1S/C19H24N2O2S/c1-14-6-7-15(2)18(12-14)24(22,23)21-20-13-16-8-10-17(11-9-16)19(3,4)5/h6-13,21H,1-5H3/b20-13-. The van der Waals surface area contributed by atoms with E-state index >= 15 is 0 Å². The Bertz CT molecular complexity index is 846. The quantitative estimate of drug-likeness (QED) is 0.675. The number of nitrogens with one attached hydrogen (secondary N) is 1. The molecule has 24 heavy (non-hydrogen) atoms. The van der Waals surface area contributed by atoms with Gasteiger partial charge in [0.05, 0.1) is 11.1 Å². The van der Waals surface area contributed by atoms with E-state index in [1.165, 1.54) is 11.8 Å². The van der Waals surface area contributed by atoms with E-state index in [1.54, 1.807) is 19.1 Å². The lowest BCUT2D eigenvalue weighted by molar-refractivity contribution is 0.584. The highest BCUT2D eigenvalue weighted by Gasteiger charge is 2.16. The molecule has 128 valence electrons. The highest BCUT2D eigenvalue weighted by Crippen LogP contribution is 2.21. The molecule has 2 rings (SSSR count). The summed E-state index contributed by atoms with van der Waals surface area (Å²) in [5.74, 6) is 0. The molecule has 0 aliphatic rings. The zero-order valence-corrected chi connectivity index (χ0v) is 15.6. The largest absolute Gasteiger partial charge is 0.276 e. The number of hydrogen-bond donors (Lipinski definition) is 1. The molecule has 0 aliphatic heterocycles. The number of hydrazone groups is 1. The van der Waals surface area contributed by atoms with Gasteiger partial charge in [0.25, 0.3) is 10.0 Å². The van der Waals surface area contributed by atoms with Crippen molar-refractivity contribution in [1.29, 1.82) is 0 Å². The Morgan fingerprint density at radius 3 is 2.21 bits per heavy atom. The minimum atomic E-state index is -3.66. The first-order valence-electron chi connectivity index (χ1n) is 7.82. The molecule has 0 atom stereocenters. The maximum absolute atomic E-state index is 12.4. The molecule has 0 amide bonds. The number of benzene rings is 2. The Labute approximate surface area is 144 Å². The minimum Gasteiger partial charge on any atom is -0.200 e. The van der Waals surface area contributed by atoms with Gasteiger partial charge in [-0.25, -0.2) is 4.83 Å². The Balaban J connectivity index is 2.14. The molecule has 4 nitrogen and oxygen atoms in total. The van der Waals surface area contributed by atoms with Crippen LogP contribution in [0.15, 0.2) is 52.5 Å². The van der Waals surface area contributed by atoms with Crippen LogP contribution in [0.3, 0.4) is 0 Å². The molecule has 0 bridgehead atoms. The zero-order chi connectivity index (χ0) is 18.0. The van der Waals surface area contributed by atoms with E-state index in [2.05, 4.69) is 30.7 Å². The third-order valence-electron chi connectivity index (χ3n) is 3.80. The molecule has 1 N–H and O–H groups in total. The third-order valence-corrected chi connectivity index (χ3v) is 5.16. The Morgan fingerprint density at radius 1 is 1.00 bits per heavy atom. The monoisotopic (exact) mass is 344 g/mol. The second-order valence-corrected chi connectivity index (χ2v) is 8.62. The van der Waals surface area contributed by atoms with Gasteiger partial charge in [-0.3, -0.25) is 0 Å². The van der Waals surface area contributed by atoms with E-state index < -0.39 is 10.0 Å². The van der Waals surface area contributed by atoms with Crippen LogP contribution in [-0.4, -0.2) is 14.6 Å². The first-order valence-corrected chi connectivity index (χ1v) is 9.30. The van der Waals surface area contributed by atoms with Crippen molar-refractivity contribution >= 4 is 16.2 Å². The molecule has 2 aromatic carbocycles. The van der Waals surface area contributed by atoms with Gasteiger partial charge in [-0.2, -0.15) is 13.5 Å². The molecule has 0 fully saturated rings. The smallest absolute Gasteiger partial charge is 0.200 e. The third kappa shape index (κ3) is 4.45.